The third kappa shape index (κ3) is 2.88. The highest BCUT2D eigenvalue weighted by Crippen LogP contribution is 2.28. The fourth-order valence-corrected chi connectivity index (χ4v) is 3.37. The molecule has 3 rings (SSSR count). The second-order valence-electron chi connectivity index (χ2n) is 4.84. The molecule has 0 aromatic heterocycles. The van der Waals surface area contributed by atoms with E-state index in [1.54, 1.807) is 11.8 Å². The van der Waals surface area contributed by atoms with Gasteiger partial charge < -0.3 is 4.90 Å². The van der Waals surface area contributed by atoms with Crippen LogP contribution in [0.3, 0.4) is 0 Å². The largest absolute Gasteiger partial charge is 0.311 e. The Morgan fingerprint density at radius 1 is 0.950 bits per heavy atom. The van der Waals surface area contributed by atoms with Crippen LogP contribution in [0.15, 0.2) is 59.5 Å². The number of carbonyl (C=O) groups is 1. The number of carbonyl (C=O) groups excluding carboxylic acids is 1. The summed E-state index contributed by atoms with van der Waals surface area (Å²) in [7, 11) is 0. The van der Waals surface area contributed by atoms with Crippen molar-refractivity contribution in [2.45, 2.75) is 17.7 Å². The van der Waals surface area contributed by atoms with E-state index in [1.165, 1.54) is 10.5 Å². The third-order valence-electron chi connectivity index (χ3n) is 3.52. The average molecular weight is 283 g/mol. The lowest BCUT2D eigenvalue weighted by Crippen LogP contribution is -2.36. The number of fused-ring (bicyclic) bond motifs is 1. The Bertz CT molecular complexity index is 597. The molecule has 1 aliphatic rings. The van der Waals surface area contributed by atoms with E-state index >= 15 is 0 Å². The first kappa shape index (κ1) is 13.3. The van der Waals surface area contributed by atoms with Crippen molar-refractivity contribution in [1.29, 1.82) is 0 Å². The van der Waals surface area contributed by atoms with E-state index in [2.05, 4.69) is 24.3 Å². The minimum atomic E-state index is 0.248. The highest BCUT2D eigenvalue weighted by molar-refractivity contribution is 7.99. The van der Waals surface area contributed by atoms with Gasteiger partial charge in [0.15, 0.2) is 0 Å². The molecule has 1 aliphatic heterocycles. The highest BCUT2D eigenvalue weighted by atomic mass is 32.2. The zero-order valence-electron chi connectivity index (χ0n) is 11.3. The number of amides is 1. The molecule has 0 N–H and O–H groups in total. The van der Waals surface area contributed by atoms with E-state index in [0.717, 1.165) is 24.4 Å². The van der Waals surface area contributed by atoms with Crippen LogP contribution in [-0.4, -0.2) is 18.2 Å². The number of nitrogens with zero attached hydrogens (tertiary/aromatic N) is 1. The van der Waals surface area contributed by atoms with Crippen molar-refractivity contribution in [1.82, 2.24) is 0 Å². The molecule has 0 radical (unpaired) electrons. The zero-order chi connectivity index (χ0) is 13.8. The van der Waals surface area contributed by atoms with Crippen molar-refractivity contribution in [2.75, 3.05) is 17.2 Å². The first-order chi connectivity index (χ1) is 9.84. The molecule has 0 saturated heterocycles. The quantitative estimate of drug-likeness (QED) is 0.796. The number of thioether (sulfide) groups is 1. The van der Waals surface area contributed by atoms with Crippen LogP contribution in [0.4, 0.5) is 5.69 Å². The number of benzene rings is 2. The summed E-state index contributed by atoms with van der Waals surface area (Å²) in [5.41, 5.74) is 2.38. The maximum Gasteiger partial charge on any atom is 0.227 e. The molecule has 2 nitrogen and oxygen atoms in total. The smallest absolute Gasteiger partial charge is 0.227 e. The molecule has 1 amide bonds. The van der Waals surface area contributed by atoms with Crippen LogP contribution in [0.25, 0.3) is 0 Å². The summed E-state index contributed by atoms with van der Waals surface area (Å²) >= 11 is 1.80. The second kappa shape index (κ2) is 6.14. The molecule has 0 fully saturated rings. The van der Waals surface area contributed by atoms with Crippen LogP contribution in [-0.2, 0) is 11.2 Å². The zero-order valence-corrected chi connectivity index (χ0v) is 12.1. The Labute approximate surface area is 123 Å². The summed E-state index contributed by atoms with van der Waals surface area (Å²) in [6.07, 6.45) is 1.50. The van der Waals surface area contributed by atoms with Gasteiger partial charge in [0.2, 0.25) is 5.91 Å². The molecule has 0 unspecified atom stereocenters. The fraction of sp³-hybridized carbons (Fsp3) is 0.235. The molecule has 0 aliphatic carbocycles. The first-order valence-corrected chi connectivity index (χ1v) is 7.89. The second-order valence-corrected chi connectivity index (χ2v) is 6.00. The van der Waals surface area contributed by atoms with E-state index in [0.29, 0.717) is 6.42 Å². The molecule has 102 valence electrons. The molecule has 0 atom stereocenters. The SMILES string of the molecule is O=C1CCc2ccccc2N1CCSc1ccccc1. The van der Waals surface area contributed by atoms with Gasteiger partial charge in [-0.3, -0.25) is 4.79 Å². The van der Waals surface area contributed by atoms with Gasteiger partial charge in [-0.1, -0.05) is 36.4 Å². The van der Waals surface area contributed by atoms with Crippen LogP contribution >= 0.6 is 11.8 Å². The van der Waals surface area contributed by atoms with Crippen molar-refractivity contribution >= 4 is 23.4 Å². The molecule has 0 spiro atoms. The summed E-state index contributed by atoms with van der Waals surface area (Å²) in [6.45, 7) is 0.773. The summed E-state index contributed by atoms with van der Waals surface area (Å²) in [5.74, 6) is 1.17. The predicted molar refractivity (Wildman–Crippen MR) is 84.3 cm³/mol. The Morgan fingerprint density at radius 3 is 2.55 bits per heavy atom. The maximum absolute atomic E-state index is 12.1. The summed E-state index contributed by atoms with van der Waals surface area (Å²) in [6, 6.07) is 18.6. The van der Waals surface area contributed by atoms with Crippen molar-refractivity contribution in [3.63, 3.8) is 0 Å². The lowest BCUT2D eigenvalue weighted by molar-refractivity contribution is -0.118. The number of aryl methyl sites for hydroxylation is 1. The van der Waals surface area contributed by atoms with Gasteiger partial charge in [-0.25, -0.2) is 0 Å². The van der Waals surface area contributed by atoms with Gasteiger partial charge in [-0.15, -0.1) is 11.8 Å². The van der Waals surface area contributed by atoms with Crippen LogP contribution in [0.5, 0.6) is 0 Å². The van der Waals surface area contributed by atoms with Crippen LogP contribution in [0, 0.1) is 0 Å². The van der Waals surface area contributed by atoms with Gasteiger partial charge in [0, 0.05) is 29.3 Å². The van der Waals surface area contributed by atoms with Gasteiger partial charge in [0.05, 0.1) is 0 Å². The summed E-state index contributed by atoms with van der Waals surface area (Å²) in [5, 5.41) is 0. The van der Waals surface area contributed by atoms with Crippen LogP contribution in [0.1, 0.15) is 12.0 Å². The van der Waals surface area contributed by atoms with Crippen molar-refractivity contribution in [3.05, 3.63) is 60.2 Å². The molecule has 3 heteroatoms. The molecular weight excluding hydrogens is 266 g/mol. The number of hydrogen-bond donors (Lipinski definition) is 0. The minimum absolute atomic E-state index is 0.248. The number of para-hydroxylation sites is 1. The highest BCUT2D eigenvalue weighted by Gasteiger charge is 2.22. The third-order valence-corrected chi connectivity index (χ3v) is 4.51. The molecule has 1 heterocycles. The monoisotopic (exact) mass is 283 g/mol. The van der Waals surface area contributed by atoms with E-state index in [-0.39, 0.29) is 5.91 Å². The predicted octanol–water partition coefficient (Wildman–Crippen LogP) is 3.76. The summed E-state index contributed by atoms with van der Waals surface area (Å²) < 4.78 is 0. The van der Waals surface area contributed by atoms with Gasteiger partial charge in [0.1, 0.15) is 0 Å². The lowest BCUT2D eigenvalue weighted by Gasteiger charge is -2.29. The Balaban J connectivity index is 1.66. The molecule has 2 aromatic carbocycles. The van der Waals surface area contributed by atoms with E-state index < -0.39 is 0 Å². The number of anilines is 1. The Morgan fingerprint density at radius 2 is 1.70 bits per heavy atom. The van der Waals surface area contributed by atoms with Crippen molar-refractivity contribution in [2.24, 2.45) is 0 Å². The fourth-order valence-electron chi connectivity index (χ4n) is 2.51. The first-order valence-electron chi connectivity index (χ1n) is 6.91. The molecule has 20 heavy (non-hydrogen) atoms. The van der Waals surface area contributed by atoms with E-state index in [4.69, 9.17) is 0 Å². The standard InChI is InChI=1S/C17H17NOS/c19-17-11-10-14-6-4-5-9-16(14)18(17)12-13-20-15-7-2-1-3-8-15/h1-9H,10-13H2. The summed E-state index contributed by atoms with van der Waals surface area (Å²) in [4.78, 5) is 15.3. The Hall–Kier alpha value is -1.74. The maximum atomic E-state index is 12.1. The number of rotatable bonds is 4. The van der Waals surface area contributed by atoms with Crippen molar-refractivity contribution < 1.29 is 4.79 Å². The normalized spacial score (nSPS) is 14.2. The van der Waals surface area contributed by atoms with Gasteiger partial charge in [-0.05, 0) is 30.2 Å². The van der Waals surface area contributed by atoms with Crippen LogP contribution < -0.4 is 4.90 Å². The molecule has 0 bridgehead atoms. The van der Waals surface area contributed by atoms with Crippen LogP contribution in [0.2, 0.25) is 0 Å². The lowest BCUT2D eigenvalue weighted by atomic mass is 10.0. The molecule has 2 aromatic rings. The Kier molecular flexibility index (Phi) is 4.07. The average Bonchev–Trinajstić information content (AvgIpc) is 2.50. The molecule has 0 saturated carbocycles. The molecular formula is C17H17NOS. The van der Waals surface area contributed by atoms with E-state index in [1.807, 2.05) is 35.2 Å². The van der Waals surface area contributed by atoms with E-state index in [9.17, 15) is 4.79 Å². The van der Waals surface area contributed by atoms with Crippen molar-refractivity contribution in [3.8, 4) is 0 Å². The number of hydrogen-bond acceptors (Lipinski definition) is 2. The van der Waals surface area contributed by atoms with Gasteiger partial charge in [0.25, 0.3) is 0 Å². The van der Waals surface area contributed by atoms with Gasteiger partial charge in [-0.2, -0.15) is 0 Å². The minimum Gasteiger partial charge on any atom is -0.311 e. The van der Waals surface area contributed by atoms with Gasteiger partial charge >= 0.3 is 0 Å². The topological polar surface area (TPSA) is 20.3 Å².